The molecule has 0 N–H and O–H groups in total. The lowest BCUT2D eigenvalue weighted by Gasteiger charge is -2.07. The summed E-state index contributed by atoms with van der Waals surface area (Å²) in [5.41, 5.74) is 6.38. The zero-order chi connectivity index (χ0) is 16.8. The van der Waals surface area contributed by atoms with E-state index in [1.54, 1.807) is 0 Å². The van der Waals surface area contributed by atoms with Gasteiger partial charge in [0.25, 0.3) is 0 Å². The van der Waals surface area contributed by atoms with Crippen molar-refractivity contribution in [2.24, 2.45) is 0 Å². The normalized spacial score (nSPS) is 10.6. The van der Waals surface area contributed by atoms with Gasteiger partial charge in [0.15, 0.2) is 0 Å². The summed E-state index contributed by atoms with van der Waals surface area (Å²) in [7, 11) is 0. The van der Waals surface area contributed by atoms with Gasteiger partial charge in [0.05, 0.1) is 6.61 Å². The van der Waals surface area contributed by atoms with E-state index in [1.165, 1.54) is 34.2 Å². The van der Waals surface area contributed by atoms with Gasteiger partial charge in [-0.1, -0.05) is 74.0 Å². The number of rotatable bonds is 6. The molecule has 0 unspecified atom stereocenters. The minimum Gasteiger partial charge on any atom is -0.494 e. The molecule has 0 aliphatic heterocycles. The Hall–Kier alpha value is -2.54. The quantitative estimate of drug-likeness (QED) is 0.513. The second-order valence-electron chi connectivity index (χ2n) is 5.98. The van der Waals surface area contributed by atoms with Crippen molar-refractivity contribution >= 4 is 0 Å². The molecule has 0 aliphatic carbocycles. The van der Waals surface area contributed by atoms with Crippen LogP contribution in [0.3, 0.4) is 0 Å². The maximum atomic E-state index is 5.50. The third kappa shape index (κ3) is 3.86. The number of hydrogen-bond donors (Lipinski definition) is 0. The topological polar surface area (TPSA) is 9.23 Å². The largest absolute Gasteiger partial charge is 0.494 e. The number of ether oxygens (including phenoxy) is 1. The van der Waals surface area contributed by atoms with E-state index in [-0.39, 0.29) is 0 Å². The van der Waals surface area contributed by atoms with Crippen molar-refractivity contribution in [3.8, 4) is 28.0 Å². The van der Waals surface area contributed by atoms with Crippen molar-refractivity contribution in [2.75, 3.05) is 6.61 Å². The number of hydrogen-bond acceptors (Lipinski definition) is 1. The summed E-state index contributed by atoms with van der Waals surface area (Å²) < 4.78 is 5.50. The summed E-state index contributed by atoms with van der Waals surface area (Å²) in [6.45, 7) is 4.92. The summed E-state index contributed by atoms with van der Waals surface area (Å²) >= 11 is 0. The average Bonchev–Trinajstić information content (AvgIpc) is 2.64. The van der Waals surface area contributed by atoms with E-state index < -0.39 is 0 Å². The van der Waals surface area contributed by atoms with Gasteiger partial charge in [0.2, 0.25) is 0 Å². The van der Waals surface area contributed by atoms with Crippen molar-refractivity contribution < 1.29 is 4.74 Å². The first kappa shape index (κ1) is 16.3. The minimum absolute atomic E-state index is 0.699. The van der Waals surface area contributed by atoms with Crippen LogP contribution in [0.1, 0.15) is 25.8 Å². The van der Waals surface area contributed by atoms with Crippen molar-refractivity contribution in [3.63, 3.8) is 0 Å². The van der Waals surface area contributed by atoms with Crippen LogP contribution in [0.15, 0.2) is 72.8 Å². The van der Waals surface area contributed by atoms with Crippen LogP contribution < -0.4 is 4.74 Å². The molecule has 3 aromatic rings. The van der Waals surface area contributed by atoms with Crippen LogP contribution in [-0.4, -0.2) is 6.61 Å². The molecule has 3 aromatic carbocycles. The molecule has 1 nitrogen and oxygen atoms in total. The highest BCUT2D eigenvalue weighted by Gasteiger charge is 2.02. The van der Waals surface area contributed by atoms with Crippen molar-refractivity contribution in [1.82, 2.24) is 0 Å². The zero-order valence-electron chi connectivity index (χ0n) is 14.5. The van der Waals surface area contributed by atoms with Gasteiger partial charge in [-0.3, -0.25) is 0 Å². The van der Waals surface area contributed by atoms with E-state index in [0.717, 1.165) is 12.2 Å². The van der Waals surface area contributed by atoms with E-state index in [9.17, 15) is 0 Å². The lowest BCUT2D eigenvalue weighted by atomic mass is 9.99. The summed E-state index contributed by atoms with van der Waals surface area (Å²) in [5, 5.41) is 0. The van der Waals surface area contributed by atoms with Gasteiger partial charge in [-0.15, -0.1) is 0 Å². The second-order valence-corrected chi connectivity index (χ2v) is 5.98. The second kappa shape index (κ2) is 7.83. The van der Waals surface area contributed by atoms with Crippen LogP contribution in [0, 0.1) is 0 Å². The van der Waals surface area contributed by atoms with Gasteiger partial charge in [0.1, 0.15) is 5.75 Å². The van der Waals surface area contributed by atoms with Gasteiger partial charge in [-0.2, -0.15) is 0 Å². The summed E-state index contributed by atoms with van der Waals surface area (Å²) in [5.74, 6) is 0.921. The molecule has 0 radical (unpaired) electrons. The van der Waals surface area contributed by atoms with Gasteiger partial charge in [-0.05, 0) is 53.3 Å². The van der Waals surface area contributed by atoms with Crippen LogP contribution >= 0.6 is 0 Å². The first-order chi connectivity index (χ1) is 11.8. The van der Waals surface area contributed by atoms with Crippen molar-refractivity contribution in [2.45, 2.75) is 26.7 Å². The Morgan fingerprint density at radius 3 is 1.42 bits per heavy atom. The highest BCUT2D eigenvalue weighted by atomic mass is 16.5. The first-order valence-electron chi connectivity index (χ1n) is 8.72. The average molecular weight is 316 g/mol. The fraction of sp³-hybridized carbons (Fsp3) is 0.217. The summed E-state index contributed by atoms with van der Waals surface area (Å²) in [6, 6.07) is 25.9. The fourth-order valence-electron chi connectivity index (χ4n) is 2.92. The molecular weight excluding hydrogens is 292 g/mol. The van der Waals surface area contributed by atoms with E-state index in [2.05, 4.69) is 67.6 Å². The zero-order valence-corrected chi connectivity index (χ0v) is 14.5. The number of benzene rings is 3. The third-order valence-electron chi connectivity index (χ3n) is 4.21. The van der Waals surface area contributed by atoms with Crippen LogP contribution in [0.25, 0.3) is 22.3 Å². The van der Waals surface area contributed by atoms with Gasteiger partial charge in [0, 0.05) is 0 Å². The molecule has 0 aliphatic rings. The van der Waals surface area contributed by atoms with E-state index in [4.69, 9.17) is 4.74 Å². The van der Waals surface area contributed by atoms with Crippen LogP contribution in [0.5, 0.6) is 5.75 Å². The van der Waals surface area contributed by atoms with E-state index in [0.29, 0.717) is 6.61 Å². The third-order valence-corrected chi connectivity index (χ3v) is 4.21. The smallest absolute Gasteiger partial charge is 0.119 e. The summed E-state index contributed by atoms with van der Waals surface area (Å²) in [6.07, 6.45) is 2.34. The maximum Gasteiger partial charge on any atom is 0.119 e. The molecule has 1 heteroatoms. The lowest BCUT2D eigenvalue weighted by molar-refractivity contribution is 0.340. The number of aryl methyl sites for hydroxylation is 1. The van der Waals surface area contributed by atoms with Crippen LogP contribution in [-0.2, 0) is 6.42 Å². The standard InChI is InChI=1S/C23H24O/c1-3-5-18-6-8-19(9-7-18)20-10-12-21(13-11-20)22-14-16-23(17-15-22)24-4-2/h6-17H,3-5H2,1-2H3. The Bertz CT molecular complexity index is 684. The Morgan fingerprint density at radius 2 is 1.00 bits per heavy atom. The molecule has 3 rings (SSSR count). The first-order valence-corrected chi connectivity index (χ1v) is 8.72. The molecule has 0 atom stereocenters. The molecular formula is C23H24O. The Kier molecular flexibility index (Phi) is 5.32. The highest BCUT2D eigenvalue weighted by Crippen LogP contribution is 2.26. The predicted molar refractivity (Wildman–Crippen MR) is 102 cm³/mol. The molecule has 0 heterocycles. The SMILES string of the molecule is CCCc1ccc(-c2ccc(-c3ccc(OCC)cc3)cc2)cc1. The van der Waals surface area contributed by atoms with Gasteiger partial charge >= 0.3 is 0 Å². The Morgan fingerprint density at radius 1 is 0.583 bits per heavy atom. The Labute approximate surface area is 144 Å². The Balaban J connectivity index is 1.77. The molecule has 0 fully saturated rings. The highest BCUT2D eigenvalue weighted by molar-refractivity contribution is 5.70. The van der Waals surface area contributed by atoms with Crippen LogP contribution in [0.2, 0.25) is 0 Å². The molecule has 122 valence electrons. The molecule has 24 heavy (non-hydrogen) atoms. The van der Waals surface area contributed by atoms with E-state index in [1.807, 2.05) is 19.1 Å². The van der Waals surface area contributed by atoms with Gasteiger partial charge < -0.3 is 4.74 Å². The monoisotopic (exact) mass is 316 g/mol. The van der Waals surface area contributed by atoms with Crippen LogP contribution in [0.4, 0.5) is 0 Å². The molecule has 0 saturated carbocycles. The molecule has 0 spiro atoms. The molecule has 0 saturated heterocycles. The van der Waals surface area contributed by atoms with E-state index >= 15 is 0 Å². The molecule has 0 aromatic heterocycles. The minimum atomic E-state index is 0.699. The predicted octanol–water partition coefficient (Wildman–Crippen LogP) is 6.37. The fourth-order valence-corrected chi connectivity index (χ4v) is 2.92. The summed E-state index contributed by atoms with van der Waals surface area (Å²) in [4.78, 5) is 0. The van der Waals surface area contributed by atoms with Crippen molar-refractivity contribution in [1.29, 1.82) is 0 Å². The van der Waals surface area contributed by atoms with Crippen molar-refractivity contribution in [3.05, 3.63) is 78.4 Å². The molecule has 0 bridgehead atoms. The lowest BCUT2D eigenvalue weighted by Crippen LogP contribution is -1.90. The van der Waals surface area contributed by atoms with Gasteiger partial charge in [-0.25, -0.2) is 0 Å². The molecule has 0 amide bonds. The maximum absolute atomic E-state index is 5.50.